The van der Waals surface area contributed by atoms with Gasteiger partial charge >= 0.3 is 0 Å². The average Bonchev–Trinajstić information content (AvgIpc) is 2.57. The highest BCUT2D eigenvalue weighted by atomic mass is 32.2. The van der Waals surface area contributed by atoms with Crippen molar-refractivity contribution in [2.75, 3.05) is 24.5 Å². The third-order valence-corrected chi connectivity index (χ3v) is 5.25. The Morgan fingerprint density at radius 2 is 2.04 bits per heavy atom. The summed E-state index contributed by atoms with van der Waals surface area (Å²) in [6.07, 6.45) is 2.30. The molecule has 2 rings (SSSR count). The van der Waals surface area contributed by atoms with E-state index in [1.807, 2.05) is 6.92 Å². The van der Waals surface area contributed by atoms with Gasteiger partial charge < -0.3 is 10.2 Å². The molecule has 2 N–H and O–H groups in total. The molecule has 1 aromatic carbocycles. The predicted molar refractivity (Wildman–Crippen MR) is 91.3 cm³/mol. The van der Waals surface area contributed by atoms with Crippen molar-refractivity contribution in [3.63, 3.8) is 0 Å². The van der Waals surface area contributed by atoms with Gasteiger partial charge in [0.05, 0.1) is 11.4 Å². The molecule has 2 amide bonds. The van der Waals surface area contributed by atoms with Crippen molar-refractivity contribution in [3.05, 3.63) is 23.8 Å². The van der Waals surface area contributed by atoms with E-state index in [9.17, 15) is 18.0 Å². The molecule has 0 atom stereocenters. The van der Waals surface area contributed by atoms with Crippen molar-refractivity contribution in [2.45, 2.75) is 38.0 Å². The Kier molecular flexibility index (Phi) is 5.95. The minimum absolute atomic E-state index is 0.0581. The van der Waals surface area contributed by atoms with Crippen LogP contribution < -0.4 is 14.9 Å². The third kappa shape index (κ3) is 4.33. The van der Waals surface area contributed by atoms with E-state index in [2.05, 4.69) is 10.0 Å². The van der Waals surface area contributed by atoms with Crippen LogP contribution in [0.4, 0.5) is 5.69 Å². The van der Waals surface area contributed by atoms with E-state index in [-0.39, 0.29) is 23.3 Å². The van der Waals surface area contributed by atoms with Gasteiger partial charge in [-0.05, 0) is 43.0 Å². The number of hydrogen-bond donors (Lipinski definition) is 2. The fraction of sp³-hybridized carbons (Fsp3) is 0.500. The first-order valence-corrected chi connectivity index (χ1v) is 9.51. The summed E-state index contributed by atoms with van der Waals surface area (Å²) in [5.74, 6) is -0.418. The highest BCUT2D eigenvalue weighted by Gasteiger charge is 2.23. The van der Waals surface area contributed by atoms with Gasteiger partial charge in [0.25, 0.3) is 0 Å². The molecule has 0 radical (unpaired) electrons. The van der Waals surface area contributed by atoms with Crippen molar-refractivity contribution in [1.82, 2.24) is 10.0 Å². The summed E-state index contributed by atoms with van der Waals surface area (Å²) in [5, 5.41) is 2.61. The molecule has 8 heteroatoms. The third-order valence-electron chi connectivity index (χ3n) is 3.85. The molecule has 132 valence electrons. The fourth-order valence-electron chi connectivity index (χ4n) is 2.64. The Balaban J connectivity index is 2.14. The maximum absolute atomic E-state index is 12.3. The summed E-state index contributed by atoms with van der Waals surface area (Å²) in [4.78, 5) is 25.0. The number of aryl methyl sites for hydroxylation is 1. The molecule has 0 bridgehead atoms. The van der Waals surface area contributed by atoms with Crippen LogP contribution >= 0.6 is 0 Å². The lowest BCUT2D eigenvalue weighted by molar-refractivity contribution is -0.120. The first-order valence-electron chi connectivity index (χ1n) is 8.02. The zero-order chi connectivity index (χ0) is 17.7. The van der Waals surface area contributed by atoms with Crippen LogP contribution in [-0.2, 0) is 26.0 Å². The minimum atomic E-state index is -3.77. The quantitative estimate of drug-likeness (QED) is 0.790. The fourth-order valence-corrected chi connectivity index (χ4v) is 3.67. The standard InChI is InChI=1S/C16H23N3O4S/c1-3-8-17-16(21)11-18-24(22,23)14-6-7-15-13(10-14)5-4-9-19(15)12(2)20/h6-7,10,18H,3-5,8-9,11H2,1-2H3,(H,17,21). The highest BCUT2D eigenvalue weighted by Crippen LogP contribution is 2.29. The normalized spacial score (nSPS) is 14.2. The van der Waals surface area contributed by atoms with Gasteiger partial charge in [-0.1, -0.05) is 6.92 Å². The number of anilines is 1. The molecule has 1 aliphatic rings. The van der Waals surface area contributed by atoms with Gasteiger partial charge in [-0.2, -0.15) is 0 Å². The van der Waals surface area contributed by atoms with Crippen LogP contribution in [0, 0.1) is 0 Å². The maximum Gasteiger partial charge on any atom is 0.241 e. The highest BCUT2D eigenvalue weighted by molar-refractivity contribution is 7.89. The lowest BCUT2D eigenvalue weighted by atomic mass is 10.0. The number of carbonyl (C=O) groups is 2. The molecule has 7 nitrogen and oxygen atoms in total. The number of nitrogens with zero attached hydrogens (tertiary/aromatic N) is 1. The molecular weight excluding hydrogens is 330 g/mol. The van der Waals surface area contributed by atoms with Crippen LogP contribution in [0.15, 0.2) is 23.1 Å². The summed E-state index contributed by atoms with van der Waals surface area (Å²) in [6, 6.07) is 4.70. The summed E-state index contributed by atoms with van der Waals surface area (Å²) in [5.41, 5.74) is 1.59. The number of nitrogens with one attached hydrogen (secondary N) is 2. The molecule has 1 aliphatic heterocycles. The van der Waals surface area contributed by atoms with Crippen LogP contribution in [0.3, 0.4) is 0 Å². The second-order valence-electron chi connectivity index (χ2n) is 5.74. The van der Waals surface area contributed by atoms with Crippen LogP contribution in [0.25, 0.3) is 0 Å². The van der Waals surface area contributed by atoms with E-state index in [0.717, 1.165) is 30.5 Å². The predicted octanol–water partition coefficient (Wildman–Crippen LogP) is 0.790. The van der Waals surface area contributed by atoms with Crippen LogP contribution in [-0.4, -0.2) is 39.9 Å². The lowest BCUT2D eigenvalue weighted by Crippen LogP contribution is -2.37. The molecule has 0 unspecified atom stereocenters. The Labute approximate surface area is 142 Å². The largest absolute Gasteiger partial charge is 0.355 e. The first-order chi connectivity index (χ1) is 11.3. The van der Waals surface area contributed by atoms with E-state index in [1.54, 1.807) is 17.0 Å². The smallest absolute Gasteiger partial charge is 0.241 e. The molecule has 0 fully saturated rings. The van der Waals surface area contributed by atoms with Gasteiger partial charge in [0.2, 0.25) is 21.8 Å². The van der Waals surface area contributed by atoms with Gasteiger partial charge in [-0.3, -0.25) is 9.59 Å². The van der Waals surface area contributed by atoms with E-state index < -0.39 is 10.0 Å². The number of rotatable bonds is 6. The van der Waals surface area contributed by atoms with Crippen LogP contribution in [0.5, 0.6) is 0 Å². The molecule has 0 spiro atoms. The molecule has 1 aromatic rings. The van der Waals surface area contributed by atoms with E-state index in [0.29, 0.717) is 13.1 Å². The average molecular weight is 353 g/mol. The summed E-state index contributed by atoms with van der Waals surface area (Å²) in [6.45, 7) is 4.28. The number of sulfonamides is 1. The van der Waals surface area contributed by atoms with Crippen molar-refractivity contribution in [1.29, 1.82) is 0 Å². The lowest BCUT2D eigenvalue weighted by Gasteiger charge is -2.28. The van der Waals surface area contributed by atoms with E-state index >= 15 is 0 Å². The summed E-state index contributed by atoms with van der Waals surface area (Å²) >= 11 is 0. The van der Waals surface area contributed by atoms with Gasteiger partial charge in [0.1, 0.15) is 0 Å². The second kappa shape index (κ2) is 7.76. The zero-order valence-corrected chi connectivity index (χ0v) is 14.8. The van der Waals surface area contributed by atoms with Gasteiger partial charge in [-0.15, -0.1) is 0 Å². The molecule has 0 saturated heterocycles. The molecule has 1 heterocycles. The molecular formula is C16H23N3O4S. The molecule has 0 aromatic heterocycles. The summed E-state index contributed by atoms with van der Waals surface area (Å²) in [7, 11) is -3.77. The monoisotopic (exact) mass is 353 g/mol. The Morgan fingerprint density at radius 1 is 1.29 bits per heavy atom. The van der Waals surface area contributed by atoms with Crippen molar-refractivity contribution in [2.24, 2.45) is 0 Å². The topological polar surface area (TPSA) is 95.6 Å². The van der Waals surface area contributed by atoms with Crippen molar-refractivity contribution in [3.8, 4) is 0 Å². The Hall–Kier alpha value is -1.93. The van der Waals surface area contributed by atoms with Gasteiger partial charge in [0, 0.05) is 25.7 Å². The number of amides is 2. The van der Waals surface area contributed by atoms with Crippen LogP contribution in [0.1, 0.15) is 32.3 Å². The Bertz CT molecular complexity index is 731. The first kappa shape index (κ1) is 18.4. The van der Waals surface area contributed by atoms with Gasteiger partial charge in [-0.25, -0.2) is 13.1 Å². The van der Waals surface area contributed by atoms with E-state index in [1.165, 1.54) is 13.0 Å². The van der Waals surface area contributed by atoms with Crippen molar-refractivity contribution < 1.29 is 18.0 Å². The molecule has 0 saturated carbocycles. The number of hydrogen-bond acceptors (Lipinski definition) is 4. The number of carbonyl (C=O) groups excluding carboxylic acids is 2. The molecule has 24 heavy (non-hydrogen) atoms. The number of fused-ring (bicyclic) bond motifs is 1. The Morgan fingerprint density at radius 3 is 2.71 bits per heavy atom. The second-order valence-corrected chi connectivity index (χ2v) is 7.51. The minimum Gasteiger partial charge on any atom is -0.355 e. The van der Waals surface area contributed by atoms with Crippen molar-refractivity contribution >= 4 is 27.5 Å². The molecule has 0 aliphatic carbocycles. The number of benzene rings is 1. The zero-order valence-electron chi connectivity index (χ0n) is 14.0. The maximum atomic E-state index is 12.3. The van der Waals surface area contributed by atoms with Crippen LogP contribution in [0.2, 0.25) is 0 Å². The van der Waals surface area contributed by atoms with E-state index in [4.69, 9.17) is 0 Å². The van der Waals surface area contributed by atoms with Gasteiger partial charge in [0.15, 0.2) is 0 Å². The summed E-state index contributed by atoms with van der Waals surface area (Å²) < 4.78 is 27.0. The SMILES string of the molecule is CCCNC(=O)CNS(=O)(=O)c1ccc2c(c1)CCCN2C(C)=O.